The molecule has 2 aromatic rings. The van der Waals surface area contributed by atoms with Gasteiger partial charge in [0.25, 0.3) is 5.91 Å². The van der Waals surface area contributed by atoms with Gasteiger partial charge in [-0.1, -0.05) is 48.5 Å². The Balaban J connectivity index is 2.11. The van der Waals surface area contributed by atoms with E-state index in [-0.39, 0.29) is 5.91 Å². The molecule has 0 radical (unpaired) electrons. The summed E-state index contributed by atoms with van der Waals surface area (Å²) in [6, 6.07) is 17.7. The Hall–Kier alpha value is -2.39. The zero-order chi connectivity index (χ0) is 13.9. The van der Waals surface area contributed by atoms with E-state index in [9.17, 15) is 4.79 Å². The molecule has 1 aliphatic heterocycles. The van der Waals surface area contributed by atoms with Gasteiger partial charge in [0.2, 0.25) is 0 Å². The second-order valence-corrected chi connectivity index (χ2v) is 4.73. The summed E-state index contributed by atoms with van der Waals surface area (Å²) >= 11 is 0. The van der Waals surface area contributed by atoms with Gasteiger partial charge in [-0.05, 0) is 17.7 Å². The van der Waals surface area contributed by atoms with Crippen LogP contribution >= 0.6 is 0 Å². The van der Waals surface area contributed by atoms with Gasteiger partial charge in [-0.2, -0.15) is 0 Å². The van der Waals surface area contributed by atoms with E-state index in [1.807, 2.05) is 60.7 Å². The summed E-state index contributed by atoms with van der Waals surface area (Å²) in [4.78, 5) is 14.2. The average molecular weight is 264 g/mol. The van der Waals surface area contributed by atoms with Crippen molar-refractivity contribution in [2.24, 2.45) is 5.73 Å². The molecule has 0 saturated carbocycles. The third-order valence-electron chi connectivity index (χ3n) is 3.43. The Kier molecular flexibility index (Phi) is 3.35. The van der Waals surface area contributed by atoms with Crippen molar-refractivity contribution in [1.82, 2.24) is 4.90 Å². The lowest BCUT2D eigenvalue weighted by Crippen LogP contribution is -2.29. The Morgan fingerprint density at radius 2 is 1.60 bits per heavy atom. The van der Waals surface area contributed by atoms with E-state index in [4.69, 9.17) is 5.73 Å². The summed E-state index contributed by atoms with van der Waals surface area (Å²) in [5.74, 6) is 0.0354. The normalized spacial score (nSPS) is 15.8. The molecule has 100 valence electrons. The fourth-order valence-electron chi connectivity index (χ4n) is 2.51. The van der Waals surface area contributed by atoms with Gasteiger partial charge in [-0.15, -0.1) is 0 Å². The fourth-order valence-corrected chi connectivity index (χ4v) is 2.51. The number of nitrogens with zero attached hydrogens (tertiary/aromatic N) is 1. The van der Waals surface area contributed by atoms with Crippen molar-refractivity contribution < 1.29 is 4.79 Å². The highest BCUT2D eigenvalue weighted by atomic mass is 16.2. The van der Waals surface area contributed by atoms with E-state index in [1.165, 1.54) is 0 Å². The van der Waals surface area contributed by atoms with Crippen molar-refractivity contribution in [3.63, 3.8) is 0 Å². The van der Waals surface area contributed by atoms with Gasteiger partial charge in [0, 0.05) is 24.2 Å². The van der Waals surface area contributed by atoms with Crippen LogP contribution in [0.15, 0.2) is 54.6 Å². The van der Waals surface area contributed by atoms with Gasteiger partial charge in [0.15, 0.2) is 0 Å². The largest absolute Gasteiger partial charge is 0.329 e. The molecule has 2 N–H and O–H groups in total. The molecule has 0 aromatic heterocycles. The predicted octanol–water partition coefficient (Wildman–Crippen LogP) is 2.60. The van der Waals surface area contributed by atoms with E-state index < -0.39 is 0 Å². The number of hydrogen-bond donors (Lipinski definition) is 1. The SMILES string of the molecule is NCCN1C(=O)c2ccccc2C1=Cc1ccccc1. The van der Waals surface area contributed by atoms with Crippen LogP contribution in [0.5, 0.6) is 0 Å². The lowest BCUT2D eigenvalue weighted by atomic mass is 10.1. The molecule has 0 atom stereocenters. The summed E-state index contributed by atoms with van der Waals surface area (Å²) in [6.07, 6.45) is 2.04. The van der Waals surface area contributed by atoms with E-state index in [1.54, 1.807) is 4.90 Å². The highest BCUT2D eigenvalue weighted by molar-refractivity contribution is 6.11. The maximum atomic E-state index is 12.4. The lowest BCUT2D eigenvalue weighted by molar-refractivity contribution is 0.0854. The third kappa shape index (κ3) is 2.12. The summed E-state index contributed by atoms with van der Waals surface area (Å²) in [5, 5.41) is 0. The van der Waals surface area contributed by atoms with E-state index >= 15 is 0 Å². The number of rotatable bonds is 3. The first-order chi connectivity index (χ1) is 9.81. The first kappa shape index (κ1) is 12.6. The molecular formula is C17H16N2O. The minimum absolute atomic E-state index is 0.0354. The number of nitrogens with two attached hydrogens (primary N) is 1. The van der Waals surface area contributed by atoms with Crippen LogP contribution in [0.4, 0.5) is 0 Å². The Morgan fingerprint density at radius 1 is 0.950 bits per heavy atom. The topological polar surface area (TPSA) is 46.3 Å². The standard InChI is InChI=1S/C17H16N2O/c18-10-11-19-16(12-13-6-2-1-3-7-13)14-8-4-5-9-15(14)17(19)20/h1-9,12H,10-11,18H2. The molecule has 20 heavy (non-hydrogen) atoms. The molecule has 0 fully saturated rings. The second-order valence-electron chi connectivity index (χ2n) is 4.73. The summed E-state index contributed by atoms with van der Waals surface area (Å²) in [5.41, 5.74) is 9.38. The molecular weight excluding hydrogens is 248 g/mol. The molecule has 1 amide bonds. The van der Waals surface area contributed by atoms with Crippen molar-refractivity contribution in [3.05, 3.63) is 71.3 Å². The van der Waals surface area contributed by atoms with E-state index in [0.29, 0.717) is 13.1 Å². The van der Waals surface area contributed by atoms with Crippen LogP contribution in [0.3, 0.4) is 0 Å². The molecule has 0 aliphatic carbocycles. The highest BCUT2D eigenvalue weighted by Gasteiger charge is 2.30. The van der Waals surface area contributed by atoms with Crippen LogP contribution in [-0.4, -0.2) is 23.9 Å². The van der Waals surface area contributed by atoms with Crippen molar-refractivity contribution in [1.29, 1.82) is 0 Å². The molecule has 2 aromatic carbocycles. The van der Waals surface area contributed by atoms with Gasteiger partial charge in [0.1, 0.15) is 0 Å². The quantitative estimate of drug-likeness (QED) is 0.926. The van der Waals surface area contributed by atoms with Crippen molar-refractivity contribution in [2.45, 2.75) is 0 Å². The number of carbonyl (C=O) groups is 1. The number of hydrogen-bond acceptors (Lipinski definition) is 2. The van der Waals surface area contributed by atoms with Crippen LogP contribution in [0.2, 0.25) is 0 Å². The molecule has 0 unspecified atom stereocenters. The maximum Gasteiger partial charge on any atom is 0.259 e. The predicted molar refractivity (Wildman–Crippen MR) is 80.8 cm³/mol. The Morgan fingerprint density at radius 3 is 2.30 bits per heavy atom. The van der Waals surface area contributed by atoms with Gasteiger partial charge in [-0.25, -0.2) is 0 Å². The third-order valence-corrected chi connectivity index (χ3v) is 3.43. The Bertz CT molecular complexity index is 662. The zero-order valence-corrected chi connectivity index (χ0v) is 11.1. The smallest absolute Gasteiger partial charge is 0.259 e. The first-order valence-electron chi connectivity index (χ1n) is 6.69. The minimum Gasteiger partial charge on any atom is -0.329 e. The average Bonchev–Trinajstić information content (AvgIpc) is 2.75. The first-order valence-corrected chi connectivity index (χ1v) is 6.69. The van der Waals surface area contributed by atoms with Crippen molar-refractivity contribution in [3.8, 4) is 0 Å². The summed E-state index contributed by atoms with van der Waals surface area (Å²) in [6.45, 7) is 0.984. The molecule has 1 aliphatic rings. The zero-order valence-electron chi connectivity index (χ0n) is 11.1. The van der Waals surface area contributed by atoms with Crippen LogP contribution in [0, 0.1) is 0 Å². The highest BCUT2D eigenvalue weighted by Crippen LogP contribution is 2.33. The molecule has 0 bridgehead atoms. The lowest BCUT2D eigenvalue weighted by Gasteiger charge is -2.17. The van der Waals surface area contributed by atoms with Crippen molar-refractivity contribution >= 4 is 17.7 Å². The van der Waals surface area contributed by atoms with E-state index in [2.05, 4.69) is 0 Å². The molecule has 0 spiro atoms. The molecule has 3 rings (SSSR count). The molecule has 3 heteroatoms. The van der Waals surface area contributed by atoms with Gasteiger partial charge in [-0.3, -0.25) is 4.79 Å². The number of amides is 1. The van der Waals surface area contributed by atoms with E-state index in [0.717, 1.165) is 22.4 Å². The van der Waals surface area contributed by atoms with Crippen LogP contribution in [0.1, 0.15) is 21.5 Å². The maximum absolute atomic E-state index is 12.4. The van der Waals surface area contributed by atoms with Crippen molar-refractivity contribution in [2.75, 3.05) is 13.1 Å². The summed E-state index contributed by atoms with van der Waals surface area (Å²) < 4.78 is 0. The molecule has 0 saturated heterocycles. The minimum atomic E-state index is 0.0354. The van der Waals surface area contributed by atoms with Crippen LogP contribution in [0.25, 0.3) is 11.8 Å². The Labute approximate surface area is 118 Å². The van der Waals surface area contributed by atoms with Gasteiger partial charge >= 0.3 is 0 Å². The van der Waals surface area contributed by atoms with Gasteiger partial charge in [0.05, 0.1) is 5.70 Å². The fraction of sp³-hybridized carbons (Fsp3) is 0.118. The van der Waals surface area contributed by atoms with Crippen LogP contribution < -0.4 is 5.73 Å². The number of fused-ring (bicyclic) bond motifs is 1. The molecule has 1 heterocycles. The summed E-state index contributed by atoms with van der Waals surface area (Å²) in [7, 11) is 0. The molecule has 3 nitrogen and oxygen atoms in total. The second kappa shape index (κ2) is 5.31. The number of benzene rings is 2. The van der Waals surface area contributed by atoms with Gasteiger partial charge < -0.3 is 10.6 Å². The monoisotopic (exact) mass is 264 g/mol. The van der Waals surface area contributed by atoms with Crippen LogP contribution in [-0.2, 0) is 0 Å². The number of carbonyl (C=O) groups excluding carboxylic acids is 1.